The Kier molecular flexibility index (Phi) is 3.71. The lowest BCUT2D eigenvalue weighted by molar-refractivity contribution is 0.208. The molecule has 0 amide bonds. The molecule has 0 aliphatic rings. The average molecular weight is 176 g/mol. The Bertz CT molecular complexity index is 274. The zero-order valence-electron chi connectivity index (χ0n) is 8.20. The van der Waals surface area contributed by atoms with E-state index in [-0.39, 0.29) is 6.10 Å². The van der Waals surface area contributed by atoms with Crippen LogP contribution in [0.1, 0.15) is 25.8 Å². The Hall–Kier alpha value is -1.08. The third-order valence-electron chi connectivity index (χ3n) is 2.11. The average Bonchev–Trinajstić information content (AvgIpc) is 2.18. The Balaban J connectivity index is 2.77. The molecule has 70 valence electrons. The van der Waals surface area contributed by atoms with Gasteiger partial charge in [-0.3, -0.25) is 0 Å². The molecule has 0 radical (unpaired) electrons. The number of aliphatic hydroxyl groups excluding tert-OH is 1. The first-order chi connectivity index (χ1) is 6.24. The van der Waals surface area contributed by atoms with Crippen molar-refractivity contribution in [2.24, 2.45) is 0 Å². The highest BCUT2D eigenvalue weighted by Gasteiger charge is 2.01. The Morgan fingerprint density at radius 2 is 2.00 bits per heavy atom. The zero-order chi connectivity index (χ0) is 9.68. The van der Waals surface area contributed by atoms with E-state index in [0.29, 0.717) is 0 Å². The van der Waals surface area contributed by atoms with Crippen molar-refractivity contribution >= 4 is 6.08 Å². The summed E-state index contributed by atoms with van der Waals surface area (Å²) in [5, 5.41) is 9.52. The van der Waals surface area contributed by atoms with Crippen LogP contribution < -0.4 is 0 Å². The van der Waals surface area contributed by atoms with Crippen molar-refractivity contribution < 1.29 is 5.11 Å². The predicted molar refractivity (Wildman–Crippen MR) is 56.4 cm³/mol. The quantitative estimate of drug-likeness (QED) is 0.750. The molecule has 0 saturated heterocycles. The minimum Gasteiger partial charge on any atom is -0.389 e. The lowest BCUT2D eigenvalue weighted by Gasteiger charge is -2.07. The SMILES string of the molecule is CC[C@H](O)C(C)=Cc1ccccc1. The van der Waals surface area contributed by atoms with Crippen molar-refractivity contribution in [3.05, 3.63) is 41.5 Å². The van der Waals surface area contributed by atoms with E-state index in [0.717, 1.165) is 17.6 Å². The molecule has 1 aromatic carbocycles. The van der Waals surface area contributed by atoms with Gasteiger partial charge in [0.2, 0.25) is 0 Å². The van der Waals surface area contributed by atoms with Crippen molar-refractivity contribution in [1.82, 2.24) is 0 Å². The monoisotopic (exact) mass is 176 g/mol. The first-order valence-corrected chi connectivity index (χ1v) is 4.65. The summed E-state index contributed by atoms with van der Waals surface area (Å²) in [5.74, 6) is 0. The van der Waals surface area contributed by atoms with Crippen LogP contribution in [-0.2, 0) is 0 Å². The van der Waals surface area contributed by atoms with Crippen molar-refractivity contribution in [3.8, 4) is 0 Å². The van der Waals surface area contributed by atoms with Gasteiger partial charge in [-0.1, -0.05) is 43.3 Å². The van der Waals surface area contributed by atoms with E-state index in [9.17, 15) is 5.11 Å². The number of hydrogen-bond donors (Lipinski definition) is 1. The van der Waals surface area contributed by atoms with Crippen LogP contribution in [0.3, 0.4) is 0 Å². The predicted octanol–water partition coefficient (Wildman–Crippen LogP) is 2.86. The molecule has 13 heavy (non-hydrogen) atoms. The summed E-state index contributed by atoms with van der Waals surface area (Å²) in [6.45, 7) is 3.94. The second-order valence-electron chi connectivity index (χ2n) is 3.22. The number of benzene rings is 1. The van der Waals surface area contributed by atoms with Crippen LogP contribution in [0.4, 0.5) is 0 Å². The molecule has 1 rings (SSSR count). The van der Waals surface area contributed by atoms with Crippen LogP contribution >= 0.6 is 0 Å². The summed E-state index contributed by atoms with van der Waals surface area (Å²) < 4.78 is 0. The van der Waals surface area contributed by atoms with E-state index in [4.69, 9.17) is 0 Å². The molecule has 1 N–H and O–H groups in total. The van der Waals surface area contributed by atoms with Crippen LogP contribution in [0.2, 0.25) is 0 Å². The second-order valence-corrected chi connectivity index (χ2v) is 3.22. The second kappa shape index (κ2) is 4.83. The molecular formula is C12H16O. The largest absolute Gasteiger partial charge is 0.389 e. The van der Waals surface area contributed by atoms with E-state index < -0.39 is 0 Å². The normalized spacial score (nSPS) is 14.2. The molecular weight excluding hydrogens is 160 g/mol. The third kappa shape index (κ3) is 3.03. The minimum absolute atomic E-state index is 0.305. The molecule has 1 atom stereocenters. The van der Waals surface area contributed by atoms with Gasteiger partial charge in [0, 0.05) is 0 Å². The van der Waals surface area contributed by atoms with Gasteiger partial charge in [0.25, 0.3) is 0 Å². The highest BCUT2D eigenvalue weighted by atomic mass is 16.3. The standard InChI is InChI=1S/C12H16O/c1-3-12(13)10(2)9-11-7-5-4-6-8-11/h4-9,12-13H,3H2,1-2H3/t12-/m0/s1. The maximum atomic E-state index is 9.52. The van der Waals surface area contributed by atoms with E-state index in [2.05, 4.69) is 0 Å². The summed E-state index contributed by atoms with van der Waals surface area (Å²) in [6.07, 6.45) is 2.49. The van der Waals surface area contributed by atoms with Crippen LogP contribution in [0.25, 0.3) is 6.08 Å². The van der Waals surface area contributed by atoms with Gasteiger partial charge in [0.15, 0.2) is 0 Å². The fourth-order valence-corrected chi connectivity index (χ4v) is 1.23. The molecule has 0 unspecified atom stereocenters. The lowest BCUT2D eigenvalue weighted by atomic mass is 10.1. The summed E-state index contributed by atoms with van der Waals surface area (Å²) in [7, 11) is 0. The molecule has 0 heterocycles. The van der Waals surface area contributed by atoms with Crippen molar-refractivity contribution in [2.75, 3.05) is 0 Å². The van der Waals surface area contributed by atoms with Crippen LogP contribution in [0.5, 0.6) is 0 Å². The molecule has 0 bridgehead atoms. The molecule has 0 fully saturated rings. The van der Waals surface area contributed by atoms with Gasteiger partial charge in [-0.05, 0) is 24.5 Å². The molecule has 1 heteroatoms. The van der Waals surface area contributed by atoms with Crippen LogP contribution in [-0.4, -0.2) is 11.2 Å². The van der Waals surface area contributed by atoms with Gasteiger partial charge < -0.3 is 5.11 Å². The highest BCUT2D eigenvalue weighted by Crippen LogP contribution is 2.11. The summed E-state index contributed by atoms with van der Waals surface area (Å²) in [6, 6.07) is 10.1. The van der Waals surface area contributed by atoms with Gasteiger partial charge in [0.1, 0.15) is 0 Å². The van der Waals surface area contributed by atoms with E-state index in [1.807, 2.05) is 50.3 Å². The number of hydrogen-bond acceptors (Lipinski definition) is 1. The van der Waals surface area contributed by atoms with Gasteiger partial charge in [-0.25, -0.2) is 0 Å². The lowest BCUT2D eigenvalue weighted by Crippen LogP contribution is -2.05. The van der Waals surface area contributed by atoms with Gasteiger partial charge in [-0.2, -0.15) is 0 Å². The summed E-state index contributed by atoms with van der Waals surface area (Å²) >= 11 is 0. The molecule has 0 aliphatic carbocycles. The first kappa shape index (κ1) is 10.0. The molecule has 1 aromatic rings. The van der Waals surface area contributed by atoms with E-state index >= 15 is 0 Å². The Morgan fingerprint density at radius 3 is 2.54 bits per heavy atom. The maximum Gasteiger partial charge on any atom is 0.0748 e. The molecule has 0 aliphatic heterocycles. The summed E-state index contributed by atoms with van der Waals surface area (Å²) in [4.78, 5) is 0. The van der Waals surface area contributed by atoms with Gasteiger partial charge in [-0.15, -0.1) is 0 Å². The number of aliphatic hydroxyl groups is 1. The molecule has 0 aromatic heterocycles. The van der Waals surface area contributed by atoms with Gasteiger partial charge in [0.05, 0.1) is 6.10 Å². The molecule has 0 saturated carbocycles. The van der Waals surface area contributed by atoms with Crippen molar-refractivity contribution in [3.63, 3.8) is 0 Å². The summed E-state index contributed by atoms with van der Waals surface area (Å²) in [5.41, 5.74) is 2.17. The zero-order valence-corrected chi connectivity index (χ0v) is 8.20. The fourth-order valence-electron chi connectivity index (χ4n) is 1.23. The van der Waals surface area contributed by atoms with Crippen molar-refractivity contribution in [1.29, 1.82) is 0 Å². The fraction of sp³-hybridized carbons (Fsp3) is 0.333. The minimum atomic E-state index is -0.305. The Morgan fingerprint density at radius 1 is 1.38 bits per heavy atom. The third-order valence-corrected chi connectivity index (χ3v) is 2.11. The topological polar surface area (TPSA) is 20.2 Å². The van der Waals surface area contributed by atoms with E-state index in [1.165, 1.54) is 0 Å². The van der Waals surface area contributed by atoms with E-state index in [1.54, 1.807) is 0 Å². The van der Waals surface area contributed by atoms with Crippen LogP contribution in [0, 0.1) is 0 Å². The van der Waals surface area contributed by atoms with Crippen molar-refractivity contribution in [2.45, 2.75) is 26.4 Å². The smallest absolute Gasteiger partial charge is 0.0748 e. The highest BCUT2D eigenvalue weighted by molar-refractivity contribution is 5.52. The van der Waals surface area contributed by atoms with Gasteiger partial charge >= 0.3 is 0 Å². The Labute approximate surface area is 79.7 Å². The first-order valence-electron chi connectivity index (χ1n) is 4.65. The molecule has 1 nitrogen and oxygen atoms in total. The van der Waals surface area contributed by atoms with Crippen LogP contribution in [0.15, 0.2) is 35.9 Å². The molecule has 0 spiro atoms. The number of rotatable bonds is 3. The maximum absolute atomic E-state index is 9.52.